The minimum Gasteiger partial charge on any atom is -0.414 e. The van der Waals surface area contributed by atoms with Crippen LogP contribution in [0.1, 0.15) is 55.4 Å². The van der Waals surface area contributed by atoms with Crippen molar-refractivity contribution in [3.63, 3.8) is 0 Å². The molecule has 0 aliphatic carbocycles. The number of ether oxygens (including phenoxy) is 2. The van der Waals surface area contributed by atoms with Gasteiger partial charge in [-0.25, -0.2) is 0 Å². The molecule has 0 aromatic heterocycles. The van der Waals surface area contributed by atoms with Gasteiger partial charge in [-0.1, -0.05) is 41.5 Å². The van der Waals surface area contributed by atoms with Crippen LogP contribution in [-0.4, -0.2) is 70.3 Å². The van der Waals surface area contributed by atoms with Crippen molar-refractivity contribution in [3.05, 3.63) is 0 Å². The fraction of sp³-hybridized carbons (Fsp3) is 1.00. The van der Waals surface area contributed by atoms with E-state index in [1.165, 1.54) is 0 Å². The number of aliphatic hydroxyl groups is 2. The molecule has 1 fully saturated rings. The molecule has 0 radical (unpaired) electrons. The maximum atomic E-state index is 10.8. The highest BCUT2D eigenvalue weighted by Gasteiger charge is 2.49. The van der Waals surface area contributed by atoms with Crippen molar-refractivity contribution >= 4 is 16.6 Å². The third kappa shape index (κ3) is 7.10. The maximum Gasteiger partial charge on any atom is 0.192 e. The topological polar surface area (TPSA) is 77.4 Å². The van der Waals surface area contributed by atoms with Crippen LogP contribution < -0.4 is 0 Å². The Morgan fingerprint density at radius 2 is 1.03 bits per heavy atom. The molecule has 0 aromatic carbocycles. The van der Waals surface area contributed by atoms with Gasteiger partial charge in [-0.05, 0) is 50.1 Å². The Kier molecular flexibility index (Phi) is 8.43. The van der Waals surface area contributed by atoms with Gasteiger partial charge in [0.1, 0.15) is 24.4 Å². The van der Waals surface area contributed by atoms with Crippen LogP contribution in [0.2, 0.25) is 36.3 Å². The van der Waals surface area contributed by atoms with Crippen molar-refractivity contribution in [1.82, 2.24) is 0 Å². The highest BCUT2D eigenvalue weighted by atomic mass is 28.4. The van der Waals surface area contributed by atoms with Crippen LogP contribution in [0.15, 0.2) is 0 Å². The molecule has 0 saturated carbocycles. The average Bonchev–Trinajstić information content (AvgIpc) is 2.84. The van der Waals surface area contributed by atoms with E-state index in [4.69, 9.17) is 18.3 Å². The second-order valence-electron chi connectivity index (χ2n) is 11.8. The molecule has 4 atom stereocenters. The molecule has 8 heteroatoms. The highest BCUT2D eigenvalue weighted by molar-refractivity contribution is 6.74. The molecule has 1 saturated heterocycles. The van der Waals surface area contributed by atoms with Crippen molar-refractivity contribution in [2.75, 3.05) is 13.2 Å². The van der Waals surface area contributed by atoms with E-state index >= 15 is 0 Å². The Labute approximate surface area is 180 Å². The summed E-state index contributed by atoms with van der Waals surface area (Å²) in [4.78, 5) is 0. The second-order valence-corrected chi connectivity index (χ2v) is 21.5. The molecule has 1 rings (SSSR count). The number of aliphatic hydroxyl groups excluding tert-OH is 2. The summed E-state index contributed by atoms with van der Waals surface area (Å²) in [7, 11) is -4.01. The number of hydrogen-bond donors (Lipinski definition) is 2. The van der Waals surface area contributed by atoms with Crippen molar-refractivity contribution in [1.29, 1.82) is 0 Å². The lowest BCUT2D eigenvalue weighted by Gasteiger charge is -2.38. The lowest BCUT2D eigenvalue weighted by atomic mass is 10.0. The summed E-state index contributed by atoms with van der Waals surface area (Å²) in [6, 6.07) is 0. The summed E-state index contributed by atoms with van der Waals surface area (Å²) in [5.74, 6) is -0.884. The van der Waals surface area contributed by atoms with Crippen molar-refractivity contribution in [3.8, 4) is 0 Å². The molecule has 1 aliphatic rings. The van der Waals surface area contributed by atoms with Gasteiger partial charge in [-0.2, -0.15) is 0 Å². The smallest absolute Gasteiger partial charge is 0.192 e. The fourth-order valence-corrected chi connectivity index (χ4v) is 4.66. The molecule has 0 aromatic rings. The van der Waals surface area contributed by atoms with Crippen LogP contribution in [0, 0.1) is 0 Å². The molecule has 1 aliphatic heterocycles. The van der Waals surface area contributed by atoms with Crippen LogP contribution in [-0.2, 0) is 18.3 Å². The first kappa shape index (κ1) is 27.2. The number of hydrogen-bond acceptors (Lipinski definition) is 6. The molecule has 0 bridgehead atoms. The quantitative estimate of drug-likeness (QED) is 0.538. The van der Waals surface area contributed by atoms with Gasteiger partial charge < -0.3 is 28.5 Å². The van der Waals surface area contributed by atoms with Gasteiger partial charge in [-0.3, -0.25) is 0 Å². The van der Waals surface area contributed by atoms with E-state index < -0.39 is 46.8 Å². The molecule has 29 heavy (non-hydrogen) atoms. The van der Waals surface area contributed by atoms with Crippen molar-refractivity contribution in [2.24, 2.45) is 0 Å². The monoisotopic (exact) mass is 450 g/mol. The fourth-order valence-electron chi connectivity index (χ4n) is 2.62. The minimum absolute atomic E-state index is 0.0505. The van der Waals surface area contributed by atoms with E-state index in [2.05, 4.69) is 67.7 Å². The Hall–Kier alpha value is 0.194. The van der Waals surface area contributed by atoms with Crippen LogP contribution in [0.3, 0.4) is 0 Å². The molecular weight excluding hydrogens is 404 g/mol. The average molecular weight is 451 g/mol. The van der Waals surface area contributed by atoms with Crippen LogP contribution >= 0.6 is 0 Å². The van der Waals surface area contributed by atoms with E-state index in [-0.39, 0.29) is 23.3 Å². The third-order valence-electron chi connectivity index (χ3n) is 6.76. The number of rotatable bonds is 8. The van der Waals surface area contributed by atoms with Gasteiger partial charge in [0.15, 0.2) is 22.4 Å². The lowest BCUT2D eigenvalue weighted by Crippen LogP contribution is -2.50. The Morgan fingerprint density at radius 3 is 1.28 bits per heavy atom. The molecule has 2 N–H and O–H groups in total. The maximum absolute atomic E-state index is 10.8. The van der Waals surface area contributed by atoms with Crippen LogP contribution in [0.4, 0.5) is 0 Å². The highest BCUT2D eigenvalue weighted by Crippen LogP contribution is 2.39. The largest absolute Gasteiger partial charge is 0.414 e. The predicted molar refractivity (Wildman–Crippen MR) is 122 cm³/mol. The Bertz CT molecular complexity index is 490. The van der Waals surface area contributed by atoms with E-state index in [9.17, 15) is 10.2 Å². The molecule has 1 heterocycles. The van der Waals surface area contributed by atoms with E-state index in [0.29, 0.717) is 0 Å². The van der Waals surface area contributed by atoms with Gasteiger partial charge in [0.05, 0.1) is 13.2 Å². The first-order valence-corrected chi connectivity index (χ1v) is 16.5. The molecule has 174 valence electrons. The zero-order valence-corrected chi connectivity index (χ0v) is 22.8. The summed E-state index contributed by atoms with van der Waals surface area (Å²) in [6.07, 6.45) is -3.13. The first-order valence-electron chi connectivity index (χ1n) is 10.7. The SMILES string of the molecule is CC1(C)O[C@H]([C@H](O)CO[Si](C)(C)C(C)(C)C)[C@@H]([C@H](O)CO[Si](C)(C)C(C)(C)C)O1. The Morgan fingerprint density at radius 1 is 0.759 bits per heavy atom. The van der Waals surface area contributed by atoms with Crippen LogP contribution in [0.25, 0.3) is 0 Å². The van der Waals surface area contributed by atoms with Crippen molar-refractivity contribution in [2.45, 2.75) is 122 Å². The van der Waals surface area contributed by atoms with E-state index in [1.54, 1.807) is 13.8 Å². The molecule has 0 unspecified atom stereocenters. The summed E-state index contributed by atoms with van der Waals surface area (Å²) >= 11 is 0. The summed E-state index contributed by atoms with van der Waals surface area (Å²) in [5.41, 5.74) is 0. The van der Waals surface area contributed by atoms with E-state index in [0.717, 1.165) is 0 Å². The molecule has 0 amide bonds. The standard InChI is InChI=1S/C21H46O6Si2/c1-19(2,3)28(9,10)24-13-15(22)17-18(27-21(7,8)26-17)16(23)14-25-29(11,12)20(4,5)6/h15-18,22-23H,13-14H2,1-12H3/t15-,16-,17-,18-/m1/s1. The minimum atomic E-state index is -2.00. The summed E-state index contributed by atoms with van der Waals surface area (Å²) < 4.78 is 24.2. The lowest BCUT2D eigenvalue weighted by molar-refractivity contribution is -0.162. The second kappa shape index (κ2) is 8.98. The van der Waals surface area contributed by atoms with E-state index in [1.807, 2.05) is 0 Å². The molecular formula is C21H46O6Si2. The van der Waals surface area contributed by atoms with Gasteiger partial charge >= 0.3 is 0 Å². The summed E-state index contributed by atoms with van der Waals surface area (Å²) in [5, 5.41) is 21.8. The van der Waals surface area contributed by atoms with Gasteiger partial charge in [0.2, 0.25) is 0 Å². The van der Waals surface area contributed by atoms with Gasteiger partial charge in [-0.15, -0.1) is 0 Å². The van der Waals surface area contributed by atoms with Crippen molar-refractivity contribution < 1.29 is 28.5 Å². The third-order valence-corrected chi connectivity index (χ3v) is 15.8. The van der Waals surface area contributed by atoms with Crippen LogP contribution in [0.5, 0.6) is 0 Å². The summed E-state index contributed by atoms with van der Waals surface area (Å²) in [6.45, 7) is 25.5. The van der Waals surface area contributed by atoms with Gasteiger partial charge in [0.25, 0.3) is 0 Å². The Balaban J connectivity index is 2.82. The zero-order valence-electron chi connectivity index (χ0n) is 20.8. The molecule has 0 spiro atoms. The van der Waals surface area contributed by atoms with Gasteiger partial charge in [0, 0.05) is 0 Å². The first-order chi connectivity index (χ1) is 12.7. The molecule has 6 nitrogen and oxygen atoms in total. The predicted octanol–water partition coefficient (Wildman–Crippen LogP) is 4.27. The normalized spacial score (nSPS) is 25.9. The zero-order chi connectivity index (χ0) is 23.1.